The Labute approximate surface area is 105 Å². The smallest absolute Gasteiger partial charge is 0.183 e. The van der Waals surface area contributed by atoms with Crippen LogP contribution in [0.2, 0.25) is 0 Å². The molecule has 0 unspecified atom stereocenters. The van der Waals surface area contributed by atoms with E-state index in [0.29, 0.717) is 0 Å². The van der Waals surface area contributed by atoms with Gasteiger partial charge < -0.3 is 15.0 Å². The van der Waals surface area contributed by atoms with Crippen molar-refractivity contribution in [3.63, 3.8) is 0 Å². The largest absolute Gasteiger partial charge is 0.497 e. The van der Waals surface area contributed by atoms with E-state index in [2.05, 4.69) is 29.3 Å². The van der Waals surface area contributed by atoms with Gasteiger partial charge in [-0.2, -0.15) is 0 Å². The Kier molecular flexibility index (Phi) is 3.81. The van der Waals surface area contributed by atoms with Crippen LogP contribution in [-0.4, -0.2) is 44.2 Å². The van der Waals surface area contributed by atoms with E-state index in [-0.39, 0.29) is 0 Å². The number of rotatable bonds is 5. The molecule has 0 bridgehead atoms. The van der Waals surface area contributed by atoms with Gasteiger partial charge in [0.2, 0.25) is 0 Å². The van der Waals surface area contributed by atoms with E-state index >= 15 is 0 Å². The molecule has 1 aromatic heterocycles. The second-order valence-corrected chi connectivity index (χ2v) is 5.11. The SMILES string of the molecule is COc1ccc2nc(NCCN(C)C)sc2c1. The first-order chi connectivity index (χ1) is 8.19. The van der Waals surface area contributed by atoms with Crippen molar-refractivity contribution in [3.05, 3.63) is 18.2 Å². The number of thiazole rings is 1. The molecule has 2 aromatic rings. The molecule has 5 heteroatoms. The lowest BCUT2D eigenvalue weighted by molar-refractivity contribution is 0.415. The summed E-state index contributed by atoms with van der Waals surface area (Å²) in [4.78, 5) is 6.66. The minimum Gasteiger partial charge on any atom is -0.497 e. The van der Waals surface area contributed by atoms with Crippen LogP contribution in [0.15, 0.2) is 18.2 Å². The van der Waals surface area contributed by atoms with Crippen LogP contribution in [-0.2, 0) is 0 Å². The third-order valence-electron chi connectivity index (χ3n) is 2.43. The monoisotopic (exact) mass is 251 g/mol. The van der Waals surface area contributed by atoms with Crippen molar-refractivity contribution in [2.75, 3.05) is 39.6 Å². The van der Waals surface area contributed by atoms with Crippen LogP contribution in [0.25, 0.3) is 10.2 Å². The molecule has 0 saturated carbocycles. The number of fused-ring (bicyclic) bond motifs is 1. The highest BCUT2D eigenvalue weighted by atomic mass is 32.1. The summed E-state index contributed by atoms with van der Waals surface area (Å²) in [6.45, 7) is 1.91. The lowest BCUT2D eigenvalue weighted by atomic mass is 10.3. The molecule has 0 saturated heterocycles. The predicted molar refractivity (Wildman–Crippen MR) is 73.2 cm³/mol. The molecule has 17 heavy (non-hydrogen) atoms. The molecule has 1 N–H and O–H groups in total. The molecule has 0 atom stereocenters. The minimum atomic E-state index is 0.876. The molecular formula is C12H17N3OS. The molecule has 92 valence electrons. The van der Waals surface area contributed by atoms with Crippen LogP contribution in [0, 0.1) is 0 Å². The first-order valence-electron chi connectivity index (χ1n) is 5.52. The number of anilines is 1. The number of hydrogen-bond acceptors (Lipinski definition) is 5. The summed E-state index contributed by atoms with van der Waals surface area (Å²) in [5, 5.41) is 4.30. The van der Waals surface area contributed by atoms with Crippen molar-refractivity contribution in [2.24, 2.45) is 0 Å². The van der Waals surface area contributed by atoms with Gasteiger partial charge in [-0.1, -0.05) is 11.3 Å². The fourth-order valence-electron chi connectivity index (χ4n) is 1.49. The van der Waals surface area contributed by atoms with E-state index < -0.39 is 0 Å². The number of hydrogen-bond donors (Lipinski definition) is 1. The van der Waals surface area contributed by atoms with Crippen molar-refractivity contribution in [2.45, 2.75) is 0 Å². The summed E-state index contributed by atoms with van der Waals surface area (Å²) in [6.07, 6.45) is 0. The van der Waals surface area contributed by atoms with Crippen molar-refractivity contribution in [1.29, 1.82) is 0 Å². The van der Waals surface area contributed by atoms with Crippen LogP contribution in [0.3, 0.4) is 0 Å². The summed E-state index contributed by atoms with van der Waals surface area (Å²) in [5.74, 6) is 0.876. The maximum absolute atomic E-state index is 5.20. The molecule has 0 aliphatic heterocycles. The Hall–Kier alpha value is -1.33. The van der Waals surface area contributed by atoms with Crippen LogP contribution in [0.1, 0.15) is 0 Å². The van der Waals surface area contributed by atoms with Crippen molar-refractivity contribution in [3.8, 4) is 5.75 Å². The van der Waals surface area contributed by atoms with E-state index in [0.717, 1.165) is 34.2 Å². The van der Waals surface area contributed by atoms with Crippen molar-refractivity contribution < 1.29 is 4.74 Å². The number of methoxy groups -OCH3 is 1. The fourth-order valence-corrected chi connectivity index (χ4v) is 2.41. The van der Waals surface area contributed by atoms with Crippen LogP contribution < -0.4 is 10.1 Å². The summed E-state index contributed by atoms with van der Waals surface area (Å²) < 4.78 is 6.35. The van der Waals surface area contributed by atoms with Gasteiger partial charge in [0.25, 0.3) is 0 Å². The first-order valence-corrected chi connectivity index (χ1v) is 6.34. The molecular weight excluding hydrogens is 234 g/mol. The third kappa shape index (κ3) is 3.08. The summed E-state index contributed by atoms with van der Waals surface area (Å²) in [7, 11) is 5.80. The van der Waals surface area contributed by atoms with Gasteiger partial charge in [-0.25, -0.2) is 4.98 Å². The van der Waals surface area contributed by atoms with Crippen molar-refractivity contribution >= 4 is 26.7 Å². The maximum atomic E-state index is 5.20. The number of likely N-dealkylation sites (N-methyl/N-ethyl adjacent to an activating group) is 1. The van der Waals surface area contributed by atoms with Gasteiger partial charge in [-0.05, 0) is 32.3 Å². The Morgan fingerprint density at radius 3 is 2.94 bits per heavy atom. The molecule has 0 radical (unpaired) electrons. The second kappa shape index (κ2) is 5.33. The second-order valence-electron chi connectivity index (χ2n) is 4.08. The van der Waals surface area contributed by atoms with Gasteiger partial charge >= 0.3 is 0 Å². The third-order valence-corrected chi connectivity index (χ3v) is 3.41. The van der Waals surface area contributed by atoms with Gasteiger partial charge in [-0.3, -0.25) is 0 Å². The van der Waals surface area contributed by atoms with E-state index in [1.165, 1.54) is 0 Å². The number of nitrogens with zero attached hydrogens (tertiary/aromatic N) is 2. The van der Waals surface area contributed by atoms with Gasteiger partial charge in [0.15, 0.2) is 5.13 Å². The number of aromatic nitrogens is 1. The molecule has 1 heterocycles. The van der Waals surface area contributed by atoms with E-state index in [9.17, 15) is 0 Å². The zero-order chi connectivity index (χ0) is 12.3. The average Bonchev–Trinajstić information content (AvgIpc) is 2.69. The summed E-state index contributed by atoms with van der Waals surface area (Å²) in [5.41, 5.74) is 1.02. The zero-order valence-electron chi connectivity index (χ0n) is 10.4. The van der Waals surface area contributed by atoms with Gasteiger partial charge in [-0.15, -0.1) is 0 Å². The van der Waals surface area contributed by atoms with Crippen LogP contribution >= 0.6 is 11.3 Å². The standard InChI is InChI=1S/C12H17N3OS/c1-15(2)7-6-13-12-14-10-5-4-9(16-3)8-11(10)17-12/h4-5,8H,6-7H2,1-3H3,(H,13,14). The van der Waals surface area contributed by atoms with E-state index in [4.69, 9.17) is 4.74 Å². The quantitative estimate of drug-likeness (QED) is 0.884. The molecule has 0 spiro atoms. The normalized spacial score (nSPS) is 11.1. The average molecular weight is 251 g/mol. The van der Waals surface area contributed by atoms with Gasteiger partial charge in [0.05, 0.1) is 17.3 Å². The lowest BCUT2D eigenvalue weighted by Gasteiger charge is -2.08. The van der Waals surface area contributed by atoms with E-state index in [1.54, 1.807) is 18.4 Å². The van der Waals surface area contributed by atoms with Crippen LogP contribution in [0.4, 0.5) is 5.13 Å². The molecule has 2 rings (SSSR count). The number of ether oxygens (including phenoxy) is 1. The summed E-state index contributed by atoms with van der Waals surface area (Å²) >= 11 is 1.66. The molecule has 0 fully saturated rings. The molecule has 4 nitrogen and oxygen atoms in total. The highest BCUT2D eigenvalue weighted by molar-refractivity contribution is 7.22. The lowest BCUT2D eigenvalue weighted by Crippen LogP contribution is -2.20. The Bertz CT molecular complexity index is 495. The zero-order valence-corrected chi connectivity index (χ0v) is 11.2. The number of nitrogens with one attached hydrogen (secondary N) is 1. The summed E-state index contributed by atoms with van der Waals surface area (Å²) in [6, 6.07) is 5.94. The highest BCUT2D eigenvalue weighted by Crippen LogP contribution is 2.28. The van der Waals surface area contributed by atoms with Gasteiger partial charge in [0, 0.05) is 13.1 Å². The van der Waals surface area contributed by atoms with Crippen molar-refractivity contribution in [1.82, 2.24) is 9.88 Å². The van der Waals surface area contributed by atoms with Gasteiger partial charge in [0.1, 0.15) is 5.75 Å². The molecule has 0 amide bonds. The topological polar surface area (TPSA) is 37.4 Å². The molecule has 0 aliphatic rings. The fraction of sp³-hybridized carbons (Fsp3) is 0.417. The Balaban J connectivity index is 2.09. The van der Waals surface area contributed by atoms with Crippen LogP contribution in [0.5, 0.6) is 5.75 Å². The Morgan fingerprint density at radius 1 is 1.41 bits per heavy atom. The first kappa shape index (κ1) is 12.1. The highest BCUT2D eigenvalue weighted by Gasteiger charge is 2.04. The number of benzene rings is 1. The predicted octanol–water partition coefficient (Wildman–Crippen LogP) is 2.28. The maximum Gasteiger partial charge on any atom is 0.183 e. The van der Waals surface area contributed by atoms with E-state index in [1.807, 2.05) is 18.2 Å². The Morgan fingerprint density at radius 2 is 2.24 bits per heavy atom. The molecule has 0 aliphatic carbocycles. The molecule has 1 aromatic carbocycles. The minimum absolute atomic E-state index is 0.876.